The number of hydrogen-bond donors (Lipinski definition) is 0. The van der Waals surface area contributed by atoms with Crippen molar-refractivity contribution in [2.75, 3.05) is 6.54 Å². The number of cyclic esters (lactones) is 1. The van der Waals surface area contributed by atoms with E-state index in [0.717, 1.165) is 16.0 Å². The van der Waals surface area contributed by atoms with Crippen molar-refractivity contribution in [2.45, 2.75) is 21.1 Å². The molecular formula is C30H24NO3S+. The zero-order chi connectivity index (χ0) is 24.0. The molecule has 172 valence electrons. The Kier molecular flexibility index (Phi) is 6.77. The second kappa shape index (κ2) is 10.5. The minimum Gasteiger partial charge on any atom is -0.404 e. The first-order chi connectivity index (χ1) is 17.2. The van der Waals surface area contributed by atoms with Crippen LogP contribution in [0, 0.1) is 0 Å². The van der Waals surface area contributed by atoms with E-state index in [-0.39, 0.29) is 23.2 Å². The highest BCUT2D eigenvalue weighted by Gasteiger charge is 2.36. The third-order valence-electron chi connectivity index (χ3n) is 5.71. The van der Waals surface area contributed by atoms with Crippen LogP contribution in [0.2, 0.25) is 0 Å². The number of benzene rings is 4. The van der Waals surface area contributed by atoms with Gasteiger partial charge in [-0.25, -0.2) is 9.69 Å². The van der Waals surface area contributed by atoms with Crippen molar-refractivity contribution in [3.63, 3.8) is 0 Å². The second-order valence-electron chi connectivity index (χ2n) is 8.07. The lowest BCUT2D eigenvalue weighted by Crippen LogP contribution is -2.30. The molecule has 4 nitrogen and oxygen atoms in total. The normalized spacial score (nSPS) is 14.5. The summed E-state index contributed by atoms with van der Waals surface area (Å²) in [7, 11) is -0.247. The lowest BCUT2D eigenvalue weighted by molar-refractivity contribution is -0.123. The molecule has 0 atom stereocenters. The van der Waals surface area contributed by atoms with Gasteiger partial charge in [-0.3, -0.25) is 4.79 Å². The van der Waals surface area contributed by atoms with Crippen molar-refractivity contribution in [3.05, 3.63) is 132 Å². The van der Waals surface area contributed by atoms with E-state index in [1.165, 1.54) is 14.7 Å². The van der Waals surface area contributed by atoms with Crippen LogP contribution in [-0.2, 0) is 26.8 Å². The van der Waals surface area contributed by atoms with Crippen LogP contribution in [0.4, 0.5) is 4.79 Å². The number of hydrogen-bond acceptors (Lipinski definition) is 3. The molecule has 0 saturated carbocycles. The van der Waals surface area contributed by atoms with E-state index in [1.807, 2.05) is 54.6 Å². The van der Waals surface area contributed by atoms with Gasteiger partial charge in [-0.1, -0.05) is 66.7 Å². The molecule has 0 N–H and O–H groups in total. The summed E-state index contributed by atoms with van der Waals surface area (Å²) in [5.41, 5.74) is 1.87. The zero-order valence-electron chi connectivity index (χ0n) is 19.0. The third kappa shape index (κ3) is 5.20. The van der Waals surface area contributed by atoms with Crippen molar-refractivity contribution in [1.29, 1.82) is 0 Å². The molecule has 35 heavy (non-hydrogen) atoms. The van der Waals surface area contributed by atoms with E-state index in [1.54, 1.807) is 6.08 Å². The number of nitrogens with zero attached hydrogens (tertiary/aromatic N) is 1. The fraction of sp³-hybridized carbons (Fsp3) is 0.0667. The van der Waals surface area contributed by atoms with E-state index in [0.29, 0.717) is 6.42 Å². The van der Waals surface area contributed by atoms with Gasteiger partial charge in [0.15, 0.2) is 20.4 Å². The van der Waals surface area contributed by atoms with Gasteiger partial charge in [-0.15, -0.1) is 0 Å². The molecule has 0 aliphatic carbocycles. The molecule has 2 amide bonds. The van der Waals surface area contributed by atoms with Gasteiger partial charge in [-0.05, 0) is 72.2 Å². The highest BCUT2D eigenvalue weighted by Crippen LogP contribution is 2.31. The average molecular weight is 479 g/mol. The first-order valence-corrected chi connectivity index (χ1v) is 12.7. The fourth-order valence-electron chi connectivity index (χ4n) is 3.95. The summed E-state index contributed by atoms with van der Waals surface area (Å²) < 4.78 is 5.30. The number of amides is 2. The monoisotopic (exact) mass is 478 g/mol. The Morgan fingerprint density at radius 1 is 0.657 bits per heavy atom. The van der Waals surface area contributed by atoms with Gasteiger partial charge < -0.3 is 4.74 Å². The molecule has 5 rings (SSSR count). The van der Waals surface area contributed by atoms with Gasteiger partial charge in [0.05, 0.1) is 10.9 Å². The largest absolute Gasteiger partial charge is 0.422 e. The summed E-state index contributed by atoms with van der Waals surface area (Å²) in [4.78, 5) is 29.9. The molecule has 4 aromatic rings. The average Bonchev–Trinajstić information content (AvgIpc) is 3.17. The SMILES string of the molecule is O=C1O/C(=C\c2ccc([S+](c3ccccc3)c3ccccc3)cc2)C(=O)N1CCc1ccccc1. The van der Waals surface area contributed by atoms with Crippen LogP contribution in [-0.4, -0.2) is 23.4 Å². The molecule has 1 aliphatic heterocycles. The molecule has 1 aliphatic rings. The predicted molar refractivity (Wildman–Crippen MR) is 138 cm³/mol. The molecule has 0 radical (unpaired) electrons. The fourth-order valence-corrected chi connectivity index (χ4v) is 6.03. The Labute approximate surface area is 207 Å². The van der Waals surface area contributed by atoms with Gasteiger partial charge >= 0.3 is 6.09 Å². The maximum atomic E-state index is 12.8. The summed E-state index contributed by atoms with van der Waals surface area (Å²) >= 11 is 0. The van der Waals surface area contributed by atoms with Crippen LogP contribution < -0.4 is 0 Å². The van der Waals surface area contributed by atoms with Crippen LogP contribution in [0.3, 0.4) is 0 Å². The summed E-state index contributed by atoms with van der Waals surface area (Å²) in [5, 5.41) is 0. The predicted octanol–water partition coefficient (Wildman–Crippen LogP) is 6.34. The summed E-state index contributed by atoms with van der Waals surface area (Å²) in [6, 6.07) is 38.7. The molecule has 1 fully saturated rings. The topological polar surface area (TPSA) is 46.6 Å². The smallest absolute Gasteiger partial charge is 0.404 e. The van der Waals surface area contributed by atoms with E-state index in [9.17, 15) is 9.59 Å². The Bertz CT molecular complexity index is 1300. The lowest BCUT2D eigenvalue weighted by atomic mass is 10.1. The number of imide groups is 1. The van der Waals surface area contributed by atoms with Crippen LogP contribution in [0.25, 0.3) is 6.08 Å². The molecule has 0 unspecified atom stereocenters. The quantitative estimate of drug-likeness (QED) is 0.230. The van der Waals surface area contributed by atoms with Crippen LogP contribution in [0.15, 0.2) is 136 Å². The molecule has 1 saturated heterocycles. The zero-order valence-corrected chi connectivity index (χ0v) is 19.9. The Hall–Kier alpha value is -4.09. The Morgan fingerprint density at radius 3 is 1.74 bits per heavy atom. The van der Waals surface area contributed by atoms with Gasteiger partial charge in [0.1, 0.15) is 0 Å². The first kappa shape index (κ1) is 22.7. The molecule has 1 heterocycles. The van der Waals surface area contributed by atoms with Gasteiger partial charge in [0.25, 0.3) is 5.91 Å². The van der Waals surface area contributed by atoms with Crippen LogP contribution >= 0.6 is 0 Å². The van der Waals surface area contributed by atoms with E-state index < -0.39 is 12.0 Å². The van der Waals surface area contributed by atoms with E-state index >= 15 is 0 Å². The van der Waals surface area contributed by atoms with Crippen molar-refractivity contribution in [3.8, 4) is 0 Å². The summed E-state index contributed by atoms with van der Waals surface area (Å²) in [6.07, 6.45) is 1.60. The Balaban J connectivity index is 1.35. The van der Waals surface area contributed by atoms with Crippen molar-refractivity contribution in [1.82, 2.24) is 4.90 Å². The molecule has 4 aromatic carbocycles. The number of rotatable bonds is 7. The summed E-state index contributed by atoms with van der Waals surface area (Å²) in [5.74, 6) is -0.343. The number of carbonyl (C=O) groups excluding carboxylic acids is 2. The van der Waals surface area contributed by atoms with E-state index in [2.05, 4.69) is 60.7 Å². The first-order valence-electron chi connectivity index (χ1n) is 11.4. The van der Waals surface area contributed by atoms with Crippen molar-refractivity contribution < 1.29 is 14.3 Å². The Morgan fingerprint density at radius 2 is 1.17 bits per heavy atom. The molecule has 0 aromatic heterocycles. The molecule has 5 heteroatoms. The lowest BCUT2D eigenvalue weighted by Gasteiger charge is -2.09. The van der Waals surface area contributed by atoms with Crippen LogP contribution in [0.1, 0.15) is 11.1 Å². The summed E-state index contributed by atoms with van der Waals surface area (Å²) in [6.45, 7) is 0.287. The highest BCUT2D eigenvalue weighted by atomic mass is 32.2. The maximum Gasteiger partial charge on any atom is 0.422 e. The third-order valence-corrected chi connectivity index (χ3v) is 7.94. The number of ether oxygens (including phenoxy) is 1. The van der Waals surface area contributed by atoms with E-state index in [4.69, 9.17) is 4.74 Å². The van der Waals surface area contributed by atoms with Gasteiger partial charge in [0, 0.05) is 6.54 Å². The molecular weight excluding hydrogens is 454 g/mol. The minimum atomic E-state index is -0.622. The van der Waals surface area contributed by atoms with Crippen LogP contribution in [0.5, 0.6) is 0 Å². The van der Waals surface area contributed by atoms with Gasteiger partial charge in [0.2, 0.25) is 0 Å². The number of carbonyl (C=O) groups is 2. The van der Waals surface area contributed by atoms with Crippen molar-refractivity contribution in [2.24, 2.45) is 0 Å². The highest BCUT2D eigenvalue weighted by molar-refractivity contribution is 7.97. The van der Waals surface area contributed by atoms with Crippen molar-refractivity contribution >= 4 is 29.0 Å². The molecule has 0 spiro atoms. The van der Waals surface area contributed by atoms with Gasteiger partial charge in [-0.2, -0.15) is 0 Å². The molecule has 0 bridgehead atoms. The maximum absolute atomic E-state index is 12.8. The minimum absolute atomic E-state index is 0.0564. The standard InChI is InChI=1S/C30H24NO3S/c32-29-28(34-30(33)31(29)21-20-23-10-4-1-5-11-23)22-24-16-18-27(19-17-24)35(25-12-6-2-7-13-25)26-14-8-3-9-15-26/h1-19,22H,20-21H2/q+1/b28-22-. The second-order valence-corrected chi connectivity index (χ2v) is 10.1.